The van der Waals surface area contributed by atoms with Gasteiger partial charge in [-0.2, -0.15) is 0 Å². The number of nitro groups is 1. The number of halogens is 1. The molecule has 6 heteroatoms. The highest BCUT2D eigenvalue weighted by molar-refractivity contribution is 9.10. The van der Waals surface area contributed by atoms with Crippen molar-refractivity contribution in [2.75, 3.05) is 11.9 Å². The van der Waals surface area contributed by atoms with Crippen molar-refractivity contribution in [1.29, 1.82) is 0 Å². The zero-order valence-electron chi connectivity index (χ0n) is 10.8. The molecule has 20 heavy (non-hydrogen) atoms. The van der Waals surface area contributed by atoms with Gasteiger partial charge in [-0.25, -0.2) is 0 Å². The second-order valence-corrected chi connectivity index (χ2v) is 6.03. The maximum absolute atomic E-state index is 11.3. The number of nitro benzene ring substituents is 1. The van der Waals surface area contributed by atoms with Crippen molar-refractivity contribution in [2.24, 2.45) is 0 Å². The van der Waals surface area contributed by atoms with E-state index in [-0.39, 0.29) is 10.6 Å². The number of hydrogen-bond donors (Lipinski definition) is 1. The Kier molecular flexibility index (Phi) is 5.03. The van der Waals surface area contributed by atoms with Crippen LogP contribution in [-0.2, 0) is 0 Å². The maximum atomic E-state index is 11.3. The number of rotatable bonds is 5. The van der Waals surface area contributed by atoms with Crippen LogP contribution in [0.4, 0.5) is 11.4 Å². The predicted octanol–water partition coefficient (Wildman–Crippen LogP) is 4.94. The Morgan fingerprint density at radius 2 is 2.05 bits per heavy atom. The second kappa shape index (κ2) is 6.76. The highest BCUT2D eigenvalue weighted by Gasteiger charge is 2.20. The quantitative estimate of drug-likeness (QED) is 0.611. The van der Waals surface area contributed by atoms with Gasteiger partial charge in [0.1, 0.15) is 5.69 Å². The first-order valence-electron chi connectivity index (χ1n) is 6.06. The van der Waals surface area contributed by atoms with Crippen LogP contribution in [0.25, 0.3) is 0 Å². The van der Waals surface area contributed by atoms with Crippen molar-refractivity contribution >= 4 is 39.1 Å². The molecule has 0 aliphatic carbocycles. The van der Waals surface area contributed by atoms with Crippen molar-refractivity contribution < 1.29 is 4.92 Å². The average molecular weight is 353 g/mol. The largest absolute Gasteiger partial charge is 0.380 e. The van der Waals surface area contributed by atoms with Crippen LogP contribution in [0.15, 0.2) is 56.7 Å². The molecule has 0 atom stereocenters. The number of para-hydroxylation sites is 1. The van der Waals surface area contributed by atoms with E-state index in [0.717, 1.165) is 9.37 Å². The minimum absolute atomic E-state index is 0.124. The summed E-state index contributed by atoms with van der Waals surface area (Å²) in [4.78, 5) is 12.6. The van der Waals surface area contributed by atoms with Crippen molar-refractivity contribution in [3.05, 3.63) is 57.1 Å². The van der Waals surface area contributed by atoms with E-state index in [9.17, 15) is 10.1 Å². The minimum Gasteiger partial charge on any atom is -0.380 e. The van der Waals surface area contributed by atoms with Crippen molar-refractivity contribution in [3.63, 3.8) is 0 Å². The van der Waals surface area contributed by atoms with Crippen LogP contribution < -0.4 is 5.32 Å². The van der Waals surface area contributed by atoms with Gasteiger partial charge in [0.2, 0.25) is 0 Å². The molecule has 2 aromatic carbocycles. The molecular formula is C14H13BrN2O2S. The monoisotopic (exact) mass is 352 g/mol. The lowest BCUT2D eigenvalue weighted by Crippen LogP contribution is -2.02. The van der Waals surface area contributed by atoms with Crippen LogP contribution in [0.1, 0.15) is 6.92 Å². The topological polar surface area (TPSA) is 55.2 Å². The molecule has 0 saturated carbocycles. The molecule has 2 aromatic rings. The molecule has 4 nitrogen and oxygen atoms in total. The Morgan fingerprint density at radius 3 is 2.70 bits per heavy atom. The first-order valence-corrected chi connectivity index (χ1v) is 7.67. The van der Waals surface area contributed by atoms with Crippen molar-refractivity contribution in [3.8, 4) is 0 Å². The molecular weight excluding hydrogens is 340 g/mol. The van der Waals surface area contributed by atoms with Crippen molar-refractivity contribution in [1.82, 2.24) is 0 Å². The SMILES string of the molecule is CCNc1cccc(Sc2cccc(Br)c2)c1[N+](=O)[O-]. The summed E-state index contributed by atoms with van der Waals surface area (Å²) >= 11 is 4.79. The summed E-state index contributed by atoms with van der Waals surface area (Å²) in [7, 11) is 0. The van der Waals surface area contributed by atoms with E-state index < -0.39 is 0 Å². The van der Waals surface area contributed by atoms with Gasteiger partial charge in [0.15, 0.2) is 0 Å². The third-order valence-corrected chi connectivity index (χ3v) is 4.10. The molecule has 0 aromatic heterocycles. The lowest BCUT2D eigenvalue weighted by atomic mass is 10.2. The summed E-state index contributed by atoms with van der Waals surface area (Å²) in [6.45, 7) is 2.56. The lowest BCUT2D eigenvalue weighted by molar-refractivity contribution is -0.386. The van der Waals surface area contributed by atoms with Crippen LogP contribution in [0.3, 0.4) is 0 Å². The number of nitrogens with zero attached hydrogens (tertiary/aromatic N) is 1. The van der Waals surface area contributed by atoms with Gasteiger partial charge in [0.05, 0.1) is 9.82 Å². The lowest BCUT2D eigenvalue weighted by Gasteiger charge is -2.08. The van der Waals surface area contributed by atoms with E-state index in [1.54, 1.807) is 12.1 Å². The first kappa shape index (κ1) is 14.9. The molecule has 0 saturated heterocycles. The molecule has 0 aliphatic heterocycles. The van der Waals surface area contributed by atoms with E-state index >= 15 is 0 Å². The molecule has 0 spiro atoms. The molecule has 2 rings (SSSR count). The van der Waals surface area contributed by atoms with Crippen LogP contribution >= 0.6 is 27.7 Å². The number of hydrogen-bond acceptors (Lipinski definition) is 4. The Hall–Kier alpha value is -1.53. The standard InChI is InChI=1S/C14H13BrN2O2S/c1-2-16-12-7-4-8-13(14(12)17(18)19)20-11-6-3-5-10(15)9-11/h3-9,16H,2H2,1H3. The Morgan fingerprint density at radius 1 is 1.30 bits per heavy atom. The molecule has 104 valence electrons. The smallest absolute Gasteiger partial charge is 0.306 e. The summed E-state index contributed by atoms with van der Waals surface area (Å²) in [5, 5.41) is 14.3. The van der Waals surface area contributed by atoms with Crippen LogP contribution in [0, 0.1) is 10.1 Å². The molecule has 0 unspecified atom stereocenters. The fourth-order valence-electron chi connectivity index (χ4n) is 1.78. The first-order chi connectivity index (χ1) is 9.61. The zero-order chi connectivity index (χ0) is 14.5. The molecule has 0 heterocycles. The number of anilines is 1. The fraction of sp³-hybridized carbons (Fsp3) is 0.143. The number of benzene rings is 2. The van der Waals surface area contributed by atoms with E-state index in [4.69, 9.17) is 0 Å². The highest BCUT2D eigenvalue weighted by Crippen LogP contribution is 2.39. The van der Waals surface area contributed by atoms with Gasteiger partial charge >= 0.3 is 5.69 Å². The van der Waals surface area contributed by atoms with Gasteiger partial charge in [-0.1, -0.05) is 39.8 Å². The van der Waals surface area contributed by atoms with Gasteiger partial charge in [-0.3, -0.25) is 10.1 Å². The van der Waals surface area contributed by atoms with Crippen LogP contribution in [0.2, 0.25) is 0 Å². The van der Waals surface area contributed by atoms with E-state index in [1.807, 2.05) is 37.3 Å². The molecule has 1 N–H and O–H groups in total. The van der Waals surface area contributed by atoms with Gasteiger partial charge in [0.25, 0.3) is 0 Å². The highest BCUT2D eigenvalue weighted by atomic mass is 79.9. The Balaban J connectivity index is 2.40. The van der Waals surface area contributed by atoms with E-state index in [1.165, 1.54) is 11.8 Å². The molecule has 0 bridgehead atoms. The minimum atomic E-state index is -0.335. The number of nitrogens with one attached hydrogen (secondary N) is 1. The third-order valence-electron chi connectivity index (χ3n) is 2.57. The third kappa shape index (κ3) is 3.52. The van der Waals surface area contributed by atoms with Gasteiger partial charge in [-0.05, 0) is 37.3 Å². The Bertz CT molecular complexity index is 634. The summed E-state index contributed by atoms with van der Waals surface area (Å²) in [6, 6.07) is 13.0. The molecule has 0 fully saturated rings. The van der Waals surface area contributed by atoms with Crippen molar-refractivity contribution in [2.45, 2.75) is 16.7 Å². The van der Waals surface area contributed by atoms with E-state index in [0.29, 0.717) is 17.1 Å². The molecule has 0 radical (unpaired) electrons. The van der Waals surface area contributed by atoms with Gasteiger partial charge in [0, 0.05) is 15.9 Å². The molecule has 0 aliphatic rings. The predicted molar refractivity (Wildman–Crippen MR) is 85.5 cm³/mol. The zero-order valence-corrected chi connectivity index (χ0v) is 13.2. The second-order valence-electron chi connectivity index (χ2n) is 4.00. The summed E-state index contributed by atoms with van der Waals surface area (Å²) in [5.41, 5.74) is 0.678. The maximum Gasteiger partial charge on any atom is 0.306 e. The van der Waals surface area contributed by atoms with Gasteiger partial charge < -0.3 is 5.32 Å². The normalized spacial score (nSPS) is 10.3. The van der Waals surface area contributed by atoms with Gasteiger partial charge in [-0.15, -0.1) is 0 Å². The fourth-order valence-corrected chi connectivity index (χ4v) is 3.35. The molecule has 0 amide bonds. The van der Waals surface area contributed by atoms with E-state index in [2.05, 4.69) is 21.2 Å². The summed E-state index contributed by atoms with van der Waals surface area (Å²) in [5.74, 6) is 0. The average Bonchev–Trinajstić information content (AvgIpc) is 2.39. The summed E-state index contributed by atoms with van der Waals surface area (Å²) < 4.78 is 0.952. The van der Waals surface area contributed by atoms with Crippen LogP contribution in [-0.4, -0.2) is 11.5 Å². The Labute approximate surface area is 129 Å². The summed E-state index contributed by atoms with van der Waals surface area (Å²) in [6.07, 6.45) is 0. The van der Waals surface area contributed by atoms with Crippen LogP contribution in [0.5, 0.6) is 0 Å².